The van der Waals surface area contributed by atoms with Crippen molar-refractivity contribution in [2.24, 2.45) is 0 Å². The van der Waals surface area contributed by atoms with Gasteiger partial charge in [-0.05, 0) is 0 Å². The minimum Gasteiger partial charge on any atom is -0.435 e. The van der Waals surface area contributed by atoms with E-state index in [1.165, 1.54) is 6.92 Å². The molecule has 0 aliphatic rings. The summed E-state index contributed by atoms with van der Waals surface area (Å²) in [5.41, 5.74) is 0. The predicted molar refractivity (Wildman–Crippen MR) is 22.0 cm³/mol. The van der Waals surface area contributed by atoms with E-state index in [4.69, 9.17) is 0 Å². The summed E-state index contributed by atoms with van der Waals surface area (Å²) in [5, 5.41) is 0. The van der Waals surface area contributed by atoms with E-state index in [1.54, 1.807) is 0 Å². The van der Waals surface area contributed by atoms with Gasteiger partial charge < -0.3 is 4.74 Å². The molecule has 7 heavy (non-hydrogen) atoms. The van der Waals surface area contributed by atoms with Crippen LogP contribution in [0.25, 0.3) is 0 Å². The maximum atomic E-state index is 9.75. The van der Waals surface area contributed by atoms with Crippen LogP contribution in [0.1, 0.15) is 6.92 Å². The second-order valence-corrected chi connectivity index (χ2v) is 0.776. The van der Waals surface area contributed by atoms with Crippen molar-refractivity contribution < 1.29 is 26.3 Å². The van der Waals surface area contributed by atoms with Crippen LogP contribution in [0, 0.1) is 0 Å². The standard InChI is InChI=1S/C4H6O2.Co/c1-3-6-4(2)5;/h3H,1H2,2H3;. The molecule has 0 amide bonds. The Hall–Kier alpha value is -0.284. The number of hydrogen-bond donors (Lipinski definition) is 0. The fraction of sp³-hybridized carbons (Fsp3) is 0.250. The van der Waals surface area contributed by atoms with E-state index < -0.39 is 0 Å². The molecule has 0 atom stereocenters. The molecule has 0 fully saturated rings. The monoisotopic (exact) mass is 145 g/mol. The maximum Gasteiger partial charge on any atom is 0.307 e. The molecule has 0 aromatic heterocycles. The first-order valence-corrected chi connectivity index (χ1v) is 1.55. The van der Waals surface area contributed by atoms with Crippen molar-refractivity contribution in [1.82, 2.24) is 0 Å². The summed E-state index contributed by atoms with van der Waals surface area (Å²) in [6.45, 7) is 4.48. The van der Waals surface area contributed by atoms with Crippen LogP contribution in [0.5, 0.6) is 0 Å². The van der Waals surface area contributed by atoms with Crippen molar-refractivity contribution in [1.29, 1.82) is 0 Å². The van der Waals surface area contributed by atoms with E-state index in [-0.39, 0.29) is 22.7 Å². The Labute approximate surface area is 52.7 Å². The number of carbonyl (C=O) groups is 1. The van der Waals surface area contributed by atoms with Crippen molar-refractivity contribution in [3.63, 3.8) is 0 Å². The third-order valence-corrected chi connectivity index (χ3v) is 0.249. The van der Waals surface area contributed by atoms with Gasteiger partial charge in [-0.25, -0.2) is 0 Å². The molecule has 0 aromatic rings. The first kappa shape index (κ1) is 9.87. The molecule has 0 spiro atoms. The normalized spacial score (nSPS) is 5.86. The van der Waals surface area contributed by atoms with Gasteiger partial charge in [0.05, 0.1) is 6.26 Å². The average Bonchev–Trinajstić information content (AvgIpc) is 1.35. The molecule has 1 radical (unpaired) electrons. The van der Waals surface area contributed by atoms with Gasteiger partial charge in [0.15, 0.2) is 0 Å². The molecule has 0 heterocycles. The zero-order valence-corrected chi connectivity index (χ0v) is 4.98. The van der Waals surface area contributed by atoms with Crippen LogP contribution in [0.2, 0.25) is 0 Å². The molecule has 2 nitrogen and oxygen atoms in total. The van der Waals surface area contributed by atoms with Gasteiger partial charge >= 0.3 is 5.97 Å². The molecule has 0 aromatic carbocycles. The average molecular weight is 145 g/mol. The molecule has 3 heteroatoms. The molecule has 0 bridgehead atoms. The predicted octanol–water partition coefficient (Wildman–Crippen LogP) is 0.690. The van der Waals surface area contributed by atoms with Gasteiger partial charge in [-0.1, -0.05) is 6.58 Å². The van der Waals surface area contributed by atoms with Gasteiger partial charge in [-0.3, -0.25) is 4.79 Å². The Balaban J connectivity index is 0. The molecular weight excluding hydrogens is 139 g/mol. The Morgan fingerprint density at radius 1 is 1.86 bits per heavy atom. The van der Waals surface area contributed by atoms with Crippen LogP contribution in [0.3, 0.4) is 0 Å². The van der Waals surface area contributed by atoms with Gasteiger partial charge in [-0.15, -0.1) is 0 Å². The second kappa shape index (κ2) is 5.72. The first-order chi connectivity index (χ1) is 2.77. The van der Waals surface area contributed by atoms with Gasteiger partial charge in [0.2, 0.25) is 0 Å². The zero-order chi connectivity index (χ0) is 4.99. The number of hydrogen-bond acceptors (Lipinski definition) is 2. The van der Waals surface area contributed by atoms with Crippen LogP contribution < -0.4 is 0 Å². The molecule has 0 aliphatic carbocycles. The molecule has 0 N–H and O–H groups in total. The summed E-state index contributed by atoms with van der Waals surface area (Å²) < 4.78 is 4.17. The minimum atomic E-state index is -0.329. The Kier molecular flexibility index (Phi) is 8.06. The van der Waals surface area contributed by atoms with Crippen LogP contribution >= 0.6 is 0 Å². The van der Waals surface area contributed by atoms with Crippen molar-refractivity contribution >= 4 is 5.97 Å². The molecule has 0 aliphatic heterocycles. The first-order valence-electron chi connectivity index (χ1n) is 1.55. The third-order valence-electron chi connectivity index (χ3n) is 0.249. The smallest absolute Gasteiger partial charge is 0.307 e. The topological polar surface area (TPSA) is 26.3 Å². The number of ether oxygens (including phenoxy) is 1. The SMILES string of the molecule is C=COC(C)=O.[Co]. The Morgan fingerprint density at radius 3 is 2.29 bits per heavy atom. The summed E-state index contributed by atoms with van der Waals surface area (Å²) in [4.78, 5) is 9.75. The number of rotatable bonds is 1. The van der Waals surface area contributed by atoms with Crippen molar-refractivity contribution in [2.75, 3.05) is 0 Å². The molecule has 0 rings (SSSR count). The van der Waals surface area contributed by atoms with Crippen molar-refractivity contribution in [2.45, 2.75) is 6.92 Å². The zero-order valence-electron chi connectivity index (χ0n) is 3.93. The van der Waals surface area contributed by atoms with Crippen molar-refractivity contribution in [3.05, 3.63) is 12.8 Å². The van der Waals surface area contributed by atoms with Crippen LogP contribution in [0.4, 0.5) is 0 Å². The number of esters is 1. The maximum absolute atomic E-state index is 9.75. The summed E-state index contributed by atoms with van der Waals surface area (Å²) in [6, 6.07) is 0. The van der Waals surface area contributed by atoms with Crippen LogP contribution in [0.15, 0.2) is 12.8 Å². The largest absolute Gasteiger partial charge is 0.435 e. The summed E-state index contributed by atoms with van der Waals surface area (Å²) >= 11 is 0. The van der Waals surface area contributed by atoms with E-state index in [0.29, 0.717) is 0 Å². The molecule has 0 saturated carbocycles. The van der Waals surface area contributed by atoms with Gasteiger partial charge in [0.25, 0.3) is 0 Å². The fourth-order valence-corrected chi connectivity index (χ4v) is 0.117. The Morgan fingerprint density at radius 2 is 2.29 bits per heavy atom. The van der Waals surface area contributed by atoms with Gasteiger partial charge in [0, 0.05) is 23.7 Å². The Bertz CT molecular complexity index is 70.1. The molecule has 43 valence electrons. The van der Waals surface area contributed by atoms with Crippen LogP contribution in [-0.2, 0) is 26.3 Å². The van der Waals surface area contributed by atoms with Gasteiger partial charge in [0.1, 0.15) is 0 Å². The minimum absolute atomic E-state index is 0. The van der Waals surface area contributed by atoms with Crippen molar-refractivity contribution in [3.8, 4) is 0 Å². The quantitative estimate of drug-likeness (QED) is 0.400. The fourth-order valence-electron chi connectivity index (χ4n) is 0.117. The summed E-state index contributed by atoms with van der Waals surface area (Å²) in [5.74, 6) is -0.329. The molecule has 0 saturated heterocycles. The summed E-state index contributed by atoms with van der Waals surface area (Å²) in [7, 11) is 0. The molecular formula is C4H6CoO2. The van der Waals surface area contributed by atoms with Gasteiger partial charge in [-0.2, -0.15) is 0 Å². The number of carbonyl (C=O) groups excluding carboxylic acids is 1. The van der Waals surface area contributed by atoms with E-state index in [0.717, 1.165) is 6.26 Å². The third kappa shape index (κ3) is 10.7. The van der Waals surface area contributed by atoms with E-state index in [9.17, 15) is 4.79 Å². The van der Waals surface area contributed by atoms with E-state index >= 15 is 0 Å². The van der Waals surface area contributed by atoms with E-state index in [2.05, 4.69) is 11.3 Å². The summed E-state index contributed by atoms with van der Waals surface area (Å²) in [6.07, 6.45) is 1.10. The van der Waals surface area contributed by atoms with E-state index in [1.807, 2.05) is 0 Å². The van der Waals surface area contributed by atoms with Crippen LogP contribution in [-0.4, -0.2) is 5.97 Å². The second-order valence-electron chi connectivity index (χ2n) is 0.776. The molecule has 0 unspecified atom stereocenters.